The van der Waals surface area contributed by atoms with Crippen LogP contribution in [-0.2, 0) is 25.7 Å². The highest BCUT2D eigenvalue weighted by molar-refractivity contribution is 7.15. The molecule has 0 aliphatic carbocycles. The number of benzene rings is 3. The predicted molar refractivity (Wildman–Crippen MR) is 266 cm³/mol. The lowest BCUT2D eigenvalue weighted by Crippen LogP contribution is -2.58. The molecule has 6 heterocycles. The SMILES string of the molecule is Cc1ncsc1-c1ccc([C@H](C)NC(=O)[C@@H]2C[C@@H](O)CN2C(=O)[C@@H](NC(=O)Cn2cc3c(-c4ccc(C5=N[C@@H](CC(=O)O)c6nnc(C)n6-c6sc(C)c(C)c65)cc4)cccc3n2)C(C)(C)C)cc1. The molecule has 0 saturated carbocycles. The number of β-amino-alcohol motifs (C(OH)–C–C–N with tert-alkyl or cyclic N) is 1. The Bertz CT molecular complexity index is 3160. The van der Waals surface area contributed by atoms with E-state index in [4.69, 9.17) is 10.1 Å². The minimum Gasteiger partial charge on any atom is -0.481 e. The summed E-state index contributed by atoms with van der Waals surface area (Å²) in [4.78, 5) is 67.2. The first-order chi connectivity index (χ1) is 32.9. The van der Waals surface area contributed by atoms with Crippen LogP contribution in [0.4, 0.5) is 0 Å². The average molecular weight is 967 g/mol. The number of hydrogen-bond acceptors (Lipinski definition) is 12. The molecule has 2 aliphatic rings. The Morgan fingerprint density at radius 3 is 2.30 bits per heavy atom. The number of nitrogens with one attached hydrogen (secondary N) is 2. The Labute approximate surface area is 407 Å². The monoisotopic (exact) mass is 966 g/mol. The number of rotatable bonds is 12. The van der Waals surface area contributed by atoms with Crippen molar-refractivity contribution in [3.8, 4) is 26.6 Å². The van der Waals surface area contributed by atoms with Crippen LogP contribution in [0.2, 0.25) is 0 Å². The van der Waals surface area contributed by atoms with E-state index in [1.165, 1.54) is 4.90 Å². The van der Waals surface area contributed by atoms with Crippen LogP contribution in [0, 0.1) is 33.1 Å². The van der Waals surface area contributed by atoms with Gasteiger partial charge in [-0.05, 0) is 73.9 Å². The van der Waals surface area contributed by atoms with Gasteiger partial charge >= 0.3 is 5.97 Å². The minimum absolute atomic E-state index is 0.0397. The molecule has 69 heavy (non-hydrogen) atoms. The number of aliphatic hydroxyl groups is 1. The molecule has 7 aromatic rings. The molecule has 0 unspecified atom stereocenters. The second-order valence-electron chi connectivity index (χ2n) is 19.0. The Balaban J connectivity index is 0.907. The van der Waals surface area contributed by atoms with Gasteiger partial charge in [0.2, 0.25) is 17.7 Å². The summed E-state index contributed by atoms with van der Waals surface area (Å²) in [5.41, 5.74) is 9.91. The lowest BCUT2D eigenvalue weighted by atomic mass is 9.85. The highest BCUT2D eigenvalue weighted by Crippen LogP contribution is 2.40. The van der Waals surface area contributed by atoms with Crippen molar-refractivity contribution >= 4 is 63.0 Å². The molecule has 3 amide bonds. The van der Waals surface area contributed by atoms with Gasteiger partial charge in [0, 0.05) is 40.6 Å². The summed E-state index contributed by atoms with van der Waals surface area (Å²) in [5, 5.41) is 41.8. The van der Waals surface area contributed by atoms with E-state index in [1.54, 1.807) is 27.4 Å². The maximum Gasteiger partial charge on any atom is 0.306 e. The lowest BCUT2D eigenvalue weighted by molar-refractivity contribution is -0.144. The summed E-state index contributed by atoms with van der Waals surface area (Å²) in [6.07, 6.45) is 0.741. The fourth-order valence-electron chi connectivity index (χ4n) is 9.29. The van der Waals surface area contributed by atoms with Gasteiger partial charge < -0.3 is 25.7 Å². The zero-order valence-corrected chi connectivity index (χ0v) is 41.3. The first-order valence-electron chi connectivity index (χ1n) is 22.8. The quantitative estimate of drug-likeness (QED) is 0.0951. The number of thiazole rings is 1. The number of hydrogen-bond donors (Lipinski definition) is 4. The van der Waals surface area contributed by atoms with Crippen LogP contribution in [0.5, 0.6) is 0 Å². The predicted octanol–water partition coefficient (Wildman–Crippen LogP) is 7.44. The van der Waals surface area contributed by atoms with Gasteiger partial charge in [-0.3, -0.25) is 33.4 Å². The molecule has 0 radical (unpaired) electrons. The third-order valence-electron chi connectivity index (χ3n) is 13.0. The van der Waals surface area contributed by atoms with E-state index in [1.807, 2.05) is 125 Å². The average Bonchev–Trinajstić information content (AvgIpc) is 4.14. The molecule has 9 rings (SSSR count). The van der Waals surface area contributed by atoms with Gasteiger partial charge in [0.05, 0.1) is 45.9 Å². The molecule has 5 atom stereocenters. The Kier molecular flexibility index (Phi) is 12.7. The van der Waals surface area contributed by atoms with Crippen molar-refractivity contribution in [3.63, 3.8) is 0 Å². The lowest BCUT2D eigenvalue weighted by Gasteiger charge is -2.35. The summed E-state index contributed by atoms with van der Waals surface area (Å²) in [5.74, 6) is -1.10. The number of carboxylic acids is 1. The molecule has 1 saturated heterocycles. The number of thiophene rings is 1. The first kappa shape index (κ1) is 47.2. The molecule has 0 bridgehead atoms. The van der Waals surface area contributed by atoms with Gasteiger partial charge in [-0.2, -0.15) is 5.10 Å². The Hall–Kier alpha value is -6.89. The largest absolute Gasteiger partial charge is 0.481 e. The standard InChI is InChI=1S/C51H54N10O6S2/c1-26-29(4)69-50-43(26)44(54-39(21-42(64)65)47-57-56-30(5)61(47)50)33-16-14-32(15-17-33)36-10-9-11-38-37(36)23-59(58-38)24-41(63)55-46(51(6,7)8)49(67)60-22-35(62)20-40(60)48(66)53-27(2)31-12-18-34(19-13-31)45-28(3)52-25-68-45/h9-19,23,25,27,35,39-40,46,62H,20-22,24H2,1-8H3,(H,53,66)(H,55,63)(H,64,65)/t27-,35+,39-,40-,46+/m0/s1. The number of likely N-dealkylation sites (tertiary alicyclic amines) is 1. The molecule has 4 N–H and O–H groups in total. The number of aryl methyl sites for hydroxylation is 3. The maximum absolute atomic E-state index is 14.4. The second-order valence-corrected chi connectivity index (χ2v) is 21.1. The molecule has 18 heteroatoms. The smallest absolute Gasteiger partial charge is 0.306 e. The van der Waals surface area contributed by atoms with Crippen LogP contribution in [0.1, 0.15) is 97.1 Å². The van der Waals surface area contributed by atoms with Crippen LogP contribution < -0.4 is 10.6 Å². The number of carbonyl (C=O) groups is 4. The van der Waals surface area contributed by atoms with Gasteiger partial charge in [-0.25, -0.2) is 4.98 Å². The number of carbonyl (C=O) groups excluding carboxylic acids is 3. The number of aliphatic imine (C=N–C) groups is 1. The van der Waals surface area contributed by atoms with Crippen molar-refractivity contribution in [2.75, 3.05) is 6.54 Å². The normalized spacial score (nSPS) is 17.7. The molecule has 3 aromatic carbocycles. The van der Waals surface area contributed by atoms with Crippen LogP contribution in [-0.4, -0.2) is 98.8 Å². The molecular formula is C51H54N10O6S2. The minimum atomic E-state index is -1.01. The summed E-state index contributed by atoms with van der Waals surface area (Å²) in [6.45, 7) is 15.1. The van der Waals surface area contributed by atoms with Crippen LogP contribution >= 0.6 is 22.7 Å². The fraction of sp³-hybridized carbons (Fsp3) is 0.353. The van der Waals surface area contributed by atoms with Gasteiger partial charge in [-0.1, -0.05) is 81.4 Å². The van der Waals surface area contributed by atoms with Crippen LogP contribution in [0.3, 0.4) is 0 Å². The van der Waals surface area contributed by atoms with Gasteiger partial charge in [0.1, 0.15) is 35.5 Å². The van der Waals surface area contributed by atoms with Crippen molar-refractivity contribution in [1.82, 2.24) is 45.1 Å². The van der Waals surface area contributed by atoms with E-state index in [9.17, 15) is 29.4 Å². The van der Waals surface area contributed by atoms with Gasteiger partial charge in [-0.15, -0.1) is 32.9 Å². The highest BCUT2D eigenvalue weighted by Gasteiger charge is 2.45. The number of amides is 3. The van der Waals surface area contributed by atoms with E-state index < -0.39 is 47.4 Å². The second kappa shape index (κ2) is 18.5. The number of aromatic nitrogens is 6. The first-order valence-corrected chi connectivity index (χ1v) is 24.5. The van der Waals surface area contributed by atoms with Crippen LogP contribution in [0.15, 0.2) is 83.4 Å². The molecule has 0 spiro atoms. The Morgan fingerprint density at radius 1 is 0.913 bits per heavy atom. The van der Waals surface area contributed by atoms with Crippen molar-refractivity contribution in [3.05, 3.63) is 123 Å². The number of fused-ring (bicyclic) bond motifs is 4. The molecule has 16 nitrogen and oxygen atoms in total. The van der Waals surface area contributed by atoms with Crippen molar-refractivity contribution in [2.24, 2.45) is 10.4 Å². The fourth-order valence-corrected chi connectivity index (χ4v) is 11.3. The van der Waals surface area contributed by atoms with E-state index in [0.29, 0.717) is 22.9 Å². The number of aliphatic carboxylic acids is 1. The Morgan fingerprint density at radius 2 is 1.62 bits per heavy atom. The summed E-state index contributed by atoms with van der Waals surface area (Å²) in [6, 6.07) is 18.6. The zero-order chi connectivity index (χ0) is 49.1. The van der Waals surface area contributed by atoms with Gasteiger partial charge in [0.15, 0.2) is 5.82 Å². The highest BCUT2D eigenvalue weighted by atomic mass is 32.1. The van der Waals surface area contributed by atoms with E-state index in [2.05, 4.69) is 39.7 Å². The summed E-state index contributed by atoms with van der Waals surface area (Å²) < 4.78 is 3.48. The molecule has 1 fully saturated rings. The van der Waals surface area contributed by atoms with Crippen molar-refractivity contribution in [2.45, 2.75) is 105 Å². The topological polar surface area (TPSA) is 210 Å². The molecule has 356 valence electrons. The molecule has 4 aromatic heterocycles. The van der Waals surface area contributed by atoms with Crippen LogP contribution in [0.25, 0.3) is 37.5 Å². The van der Waals surface area contributed by atoms with Gasteiger partial charge in [0.25, 0.3) is 0 Å². The summed E-state index contributed by atoms with van der Waals surface area (Å²) in [7, 11) is 0. The van der Waals surface area contributed by atoms with E-state index >= 15 is 0 Å². The zero-order valence-electron chi connectivity index (χ0n) is 39.6. The van der Waals surface area contributed by atoms with Crippen molar-refractivity contribution in [1.29, 1.82) is 0 Å². The molecular weight excluding hydrogens is 913 g/mol. The number of aliphatic hydroxyl groups excluding tert-OH is 1. The third-order valence-corrected chi connectivity index (χ3v) is 15.2. The molecule has 2 aliphatic heterocycles. The number of carboxylic acid groups (broad SMARTS) is 1. The summed E-state index contributed by atoms with van der Waals surface area (Å²) >= 11 is 3.18. The third kappa shape index (κ3) is 9.23. The van der Waals surface area contributed by atoms with E-state index in [-0.39, 0.29) is 37.9 Å². The maximum atomic E-state index is 14.4. The van der Waals surface area contributed by atoms with Crippen molar-refractivity contribution < 1.29 is 29.4 Å². The number of nitrogens with zero attached hydrogens (tertiary/aromatic N) is 8. The van der Waals surface area contributed by atoms with E-state index in [0.717, 1.165) is 64.8 Å².